The molecule has 4 aromatic rings. The number of rotatable bonds is 6. The van der Waals surface area contributed by atoms with E-state index in [1.807, 2.05) is 62.4 Å². The highest BCUT2D eigenvalue weighted by atomic mass is 16.5. The van der Waals surface area contributed by atoms with Crippen molar-refractivity contribution in [3.8, 4) is 5.75 Å². The van der Waals surface area contributed by atoms with Gasteiger partial charge < -0.3 is 14.0 Å². The summed E-state index contributed by atoms with van der Waals surface area (Å²) in [6.07, 6.45) is 0. The maximum atomic E-state index is 12.7. The number of aromatic nitrogens is 1. The molecule has 0 spiro atoms. The van der Waals surface area contributed by atoms with Gasteiger partial charge in [0, 0.05) is 0 Å². The third-order valence-electron chi connectivity index (χ3n) is 4.90. The second-order valence-corrected chi connectivity index (χ2v) is 6.80. The van der Waals surface area contributed by atoms with Crippen LogP contribution in [0.1, 0.15) is 32.9 Å². The minimum atomic E-state index is -0.424. The van der Waals surface area contributed by atoms with Crippen molar-refractivity contribution in [3.05, 3.63) is 94.9 Å². The summed E-state index contributed by atoms with van der Waals surface area (Å²) in [5.41, 5.74) is 3.01. The number of benzene rings is 3. The molecule has 5 nitrogen and oxygen atoms in total. The predicted octanol–water partition coefficient (Wildman–Crippen LogP) is 5.38. The van der Waals surface area contributed by atoms with Crippen LogP contribution >= 0.6 is 0 Å². The van der Waals surface area contributed by atoms with Crippen molar-refractivity contribution < 1.29 is 18.8 Å². The number of fused-ring (bicyclic) bond motifs is 1. The zero-order valence-corrected chi connectivity index (χ0v) is 16.3. The number of ether oxygens (including phenoxy) is 2. The summed E-state index contributed by atoms with van der Waals surface area (Å²) in [6, 6.07) is 21.1. The van der Waals surface area contributed by atoms with Crippen LogP contribution in [-0.4, -0.2) is 11.1 Å². The Labute approximate surface area is 168 Å². The van der Waals surface area contributed by atoms with Crippen LogP contribution in [-0.2, 0) is 18.0 Å². The molecule has 1 heterocycles. The molecule has 0 radical (unpaired) electrons. The molecule has 0 aliphatic carbocycles. The Hall–Kier alpha value is -3.60. The van der Waals surface area contributed by atoms with E-state index >= 15 is 0 Å². The highest BCUT2D eigenvalue weighted by Gasteiger charge is 2.16. The predicted molar refractivity (Wildman–Crippen MR) is 110 cm³/mol. The molecule has 1 aromatic heterocycles. The minimum absolute atomic E-state index is 0.193. The first-order valence-electron chi connectivity index (χ1n) is 9.41. The Morgan fingerprint density at radius 2 is 1.69 bits per heavy atom. The zero-order chi connectivity index (χ0) is 20.2. The smallest absolute Gasteiger partial charge is 0.342 e. The summed E-state index contributed by atoms with van der Waals surface area (Å²) in [5, 5.41) is 6.12. The van der Waals surface area contributed by atoms with Crippen LogP contribution in [0.4, 0.5) is 0 Å². The summed E-state index contributed by atoms with van der Waals surface area (Å²) >= 11 is 0. The molecule has 0 unspecified atom stereocenters. The van der Waals surface area contributed by atoms with Crippen molar-refractivity contribution in [2.45, 2.75) is 27.1 Å². The third-order valence-corrected chi connectivity index (χ3v) is 4.90. The van der Waals surface area contributed by atoms with Gasteiger partial charge in [-0.05, 0) is 42.3 Å². The number of para-hydroxylation sites is 1. The Bertz CT molecular complexity index is 1140. The van der Waals surface area contributed by atoms with Gasteiger partial charge in [-0.1, -0.05) is 59.8 Å². The fourth-order valence-electron chi connectivity index (χ4n) is 3.26. The fraction of sp³-hybridized carbons (Fsp3) is 0.167. The molecular weight excluding hydrogens is 366 g/mol. The lowest BCUT2D eigenvalue weighted by Gasteiger charge is -2.12. The van der Waals surface area contributed by atoms with Gasteiger partial charge in [-0.3, -0.25) is 0 Å². The molecule has 0 aliphatic rings. The molecular formula is C24H21NO4. The second-order valence-electron chi connectivity index (χ2n) is 6.80. The van der Waals surface area contributed by atoms with Crippen LogP contribution < -0.4 is 4.74 Å². The van der Waals surface area contributed by atoms with Crippen LogP contribution in [0.15, 0.2) is 71.3 Å². The van der Waals surface area contributed by atoms with Gasteiger partial charge in [0.15, 0.2) is 0 Å². The van der Waals surface area contributed by atoms with Gasteiger partial charge >= 0.3 is 5.97 Å². The first-order chi connectivity index (χ1) is 14.1. The van der Waals surface area contributed by atoms with Crippen molar-refractivity contribution in [2.75, 3.05) is 0 Å². The molecule has 0 fully saturated rings. The maximum absolute atomic E-state index is 12.7. The van der Waals surface area contributed by atoms with Crippen molar-refractivity contribution in [1.82, 2.24) is 5.16 Å². The number of aryl methyl sites for hydroxylation is 2. The lowest BCUT2D eigenvalue weighted by molar-refractivity contribution is 0.0469. The van der Waals surface area contributed by atoms with Gasteiger partial charge in [0.25, 0.3) is 0 Å². The van der Waals surface area contributed by atoms with Crippen molar-refractivity contribution in [1.29, 1.82) is 0 Å². The van der Waals surface area contributed by atoms with Crippen LogP contribution in [0.5, 0.6) is 5.75 Å². The molecule has 4 rings (SSSR count). The molecule has 0 saturated heterocycles. The first-order valence-corrected chi connectivity index (χ1v) is 9.41. The highest BCUT2D eigenvalue weighted by molar-refractivity contribution is 5.93. The Morgan fingerprint density at radius 3 is 2.52 bits per heavy atom. The third kappa shape index (κ3) is 3.99. The van der Waals surface area contributed by atoms with Gasteiger partial charge in [0.05, 0.1) is 11.3 Å². The number of hydrogen-bond acceptors (Lipinski definition) is 5. The van der Waals surface area contributed by atoms with Crippen LogP contribution in [0, 0.1) is 13.8 Å². The number of nitrogens with zero attached hydrogens (tertiary/aromatic N) is 1. The van der Waals surface area contributed by atoms with Crippen molar-refractivity contribution in [2.24, 2.45) is 0 Å². The van der Waals surface area contributed by atoms with Crippen LogP contribution in [0.2, 0.25) is 0 Å². The quantitative estimate of drug-likeness (QED) is 0.416. The molecule has 0 atom stereocenters. The van der Waals surface area contributed by atoms with E-state index in [1.165, 1.54) is 0 Å². The number of carbonyl (C=O) groups is 1. The minimum Gasteiger partial charge on any atom is -0.488 e. The van der Waals surface area contributed by atoms with Crippen molar-refractivity contribution in [3.63, 3.8) is 0 Å². The van der Waals surface area contributed by atoms with Gasteiger partial charge in [-0.25, -0.2) is 4.79 Å². The Balaban J connectivity index is 1.49. The summed E-state index contributed by atoms with van der Waals surface area (Å²) < 4.78 is 16.6. The molecule has 5 heteroatoms. The average Bonchev–Trinajstić information content (AvgIpc) is 3.08. The van der Waals surface area contributed by atoms with E-state index < -0.39 is 5.97 Å². The summed E-state index contributed by atoms with van der Waals surface area (Å²) in [7, 11) is 0. The molecule has 0 bridgehead atoms. The number of esters is 1. The number of carbonyl (C=O) groups excluding carboxylic acids is 1. The second kappa shape index (κ2) is 8.19. The van der Waals surface area contributed by atoms with Crippen molar-refractivity contribution >= 4 is 16.7 Å². The van der Waals surface area contributed by atoms with Crippen LogP contribution in [0.3, 0.4) is 0 Å². The summed E-state index contributed by atoms with van der Waals surface area (Å²) in [6.45, 7) is 4.16. The van der Waals surface area contributed by atoms with E-state index in [4.69, 9.17) is 14.0 Å². The molecule has 146 valence electrons. The summed E-state index contributed by atoms with van der Waals surface area (Å²) in [4.78, 5) is 12.7. The fourth-order valence-corrected chi connectivity index (χ4v) is 3.26. The van der Waals surface area contributed by atoms with Crippen LogP contribution in [0.25, 0.3) is 10.8 Å². The van der Waals surface area contributed by atoms with Gasteiger partial charge in [-0.2, -0.15) is 0 Å². The lowest BCUT2D eigenvalue weighted by atomic mass is 10.1. The highest BCUT2D eigenvalue weighted by Crippen LogP contribution is 2.24. The molecule has 0 N–H and O–H groups in total. The van der Waals surface area contributed by atoms with E-state index in [0.717, 1.165) is 27.6 Å². The Kier molecular flexibility index (Phi) is 5.29. The molecule has 29 heavy (non-hydrogen) atoms. The van der Waals surface area contributed by atoms with E-state index in [1.54, 1.807) is 18.2 Å². The number of hydrogen-bond donors (Lipinski definition) is 0. The molecule has 0 amide bonds. The topological polar surface area (TPSA) is 61.6 Å². The van der Waals surface area contributed by atoms with E-state index in [2.05, 4.69) is 5.16 Å². The van der Waals surface area contributed by atoms with E-state index in [0.29, 0.717) is 17.1 Å². The van der Waals surface area contributed by atoms with E-state index in [9.17, 15) is 4.79 Å². The molecule has 0 saturated carbocycles. The average molecular weight is 387 g/mol. The van der Waals surface area contributed by atoms with Gasteiger partial charge in [0.2, 0.25) is 0 Å². The van der Waals surface area contributed by atoms with E-state index in [-0.39, 0.29) is 13.2 Å². The standard InChI is InChI=1S/C24H21NO4/c1-16-22(17(2)29-25-16)15-27-23-13-6-5-12-21(23)24(26)28-14-19-10-7-9-18-8-3-4-11-20(18)19/h3-13H,14-15H2,1-2H3. The molecule has 3 aromatic carbocycles. The lowest BCUT2D eigenvalue weighted by Crippen LogP contribution is -2.09. The van der Waals surface area contributed by atoms with Gasteiger partial charge in [-0.15, -0.1) is 0 Å². The monoisotopic (exact) mass is 387 g/mol. The first kappa shape index (κ1) is 18.7. The van der Waals surface area contributed by atoms with Gasteiger partial charge in [0.1, 0.15) is 30.3 Å². The summed E-state index contributed by atoms with van der Waals surface area (Å²) in [5.74, 6) is 0.751. The maximum Gasteiger partial charge on any atom is 0.342 e. The largest absolute Gasteiger partial charge is 0.488 e. The Morgan fingerprint density at radius 1 is 0.931 bits per heavy atom. The normalized spacial score (nSPS) is 10.8. The zero-order valence-electron chi connectivity index (χ0n) is 16.3. The SMILES string of the molecule is Cc1noc(C)c1COc1ccccc1C(=O)OCc1cccc2ccccc12. The molecule has 0 aliphatic heterocycles.